The summed E-state index contributed by atoms with van der Waals surface area (Å²) in [4.78, 5) is 38.5. The van der Waals surface area contributed by atoms with Gasteiger partial charge in [-0.2, -0.15) is 0 Å². The molecule has 158 valence electrons. The van der Waals surface area contributed by atoms with Gasteiger partial charge < -0.3 is 19.7 Å². The fraction of sp³-hybridized carbons (Fsp3) is 0.348. The number of fused-ring (bicyclic) bond motifs is 1. The average molecular weight is 410 g/mol. The number of rotatable bonds is 6. The molecule has 3 rings (SSSR count). The fourth-order valence-corrected chi connectivity index (χ4v) is 3.27. The molecule has 7 heteroatoms. The van der Waals surface area contributed by atoms with Crippen LogP contribution in [0.3, 0.4) is 0 Å². The molecule has 2 amide bonds. The average Bonchev–Trinajstić information content (AvgIpc) is 2.72. The molecule has 1 atom stereocenters. The molecule has 30 heavy (non-hydrogen) atoms. The van der Waals surface area contributed by atoms with Crippen LogP contribution in [-0.2, 0) is 14.3 Å². The van der Waals surface area contributed by atoms with Crippen LogP contribution in [0.4, 0.5) is 11.4 Å². The second kappa shape index (κ2) is 9.43. The molecule has 0 bridgehead atoms. The van der Waals surface area contributed by atoms with Crippen molar-refractivity contribution in [2.24, 2.45) is 0 Å². The van der Waals surface area contributed by atoms with Crippen LogP contribution in [-0.4, -0.2) is 37.0 Å². The molecular weight excluding hydrogens is 384 g/mol. The Morgan fingerprint density at radius 2 is 1.87 bits per heavy atom. The number of hydrogen-bond acceptors (Lipinski definition) is 5. The van der Waals surface area contributed by atoms with Crippen LogP contribution < -0.4 is 15.0 Å². The van der Waals surface area contributed by atoms with Gasteiger partial charge in [-0.1, -0.05) is 6.07 Å². The van der Waals surface area contributed by atoms with E-state index in [0.717, 1.165) is 11.3 Å². The smallest absolute Gasteiger partial charge is 0.338 e. The maximum atomic E-state index is 12.8. The van der Waals surface area contributed by atoms with Crippen molar-refractivity contribution < 1.29 is 23.9 Å². The number of nitrogens with zero attached hydrogens (tertiary/aromatic N) is 1. The summed E-state index contributed by atoms with van der Waals surface area (Å²) < 4.78 is 10.7. The van der Waals surface area contributed by atoms with Crippen molar-refractivity contribution in [2.45, 2.75) is 39.7 Å². The first kappa shape index (κ1) is 21.4. The highest BCUT2D eigenvalue weighted by Crippen LogP contribution is 2.34. The van der Waals surface area contributed by atoms with Crippen molar-refractivity contribution in [3.63, 3.8) is 0 Å². The number of carbonyl (C=O) groups excluding carboxylic acids is 3. The number of benzene rings is 2. The van der Waals surface area contributed by atoms with Gasteiger partial charge in [0.2, 0.25) is 11.8 Å². The zero-order valence-electron chi connectivity index (χ0n) is 17.4. The first-order valence-corrected chi connectivity index (χ1v) is 10.0. The van der Waals surface area contributed by atoms with E-state index < -0.39 is 5.97 Å². The molecule has 0 saturated carbocycles. The second-order valence-electron chi connectivity index (χ2n) is 7.25. The molecule has 0 aliphatic carbocycles. The number of anilines is 2. The van der Waals surface area contributed by atoms with E-state index in [1.54, 1.807) is 36.1 Å². The van der Waals surface area contributed by atoms with Crippen LogP contribution in [0, 0.1) is 6.92 Å². The zero-order valence-corrected chi connectivity index (χ0v) is 17.4. The molecule has 0 aromatic heterocycles. The lowest BCUT2D eigenvalue weighted by molar-refractivity contribution is -0.122. The molecule has 2 aromatic rings. The number of ether oxygens (including phenoxy) is 2. The number of hydrogen-bond donors (Lipinski definition) is 1. The predicted octanol–water partition coefficient (Wildman–Crippen LogP) is 3.70. The standard InChI is InChI=1S/C23H26N2O5/c1-4-29-23(28)17-6-8-18(9-7-17)24-21(26)11-12-22(27)25-14-16(3)30-20-10-5-15(2)13-19(20)25/h5-10,13,16H,4,11-12,14H2,1-3H3,(H,24,26)/t16-/m1/s1. The summed E-state index contributed by atoms with van der Waals surface area (Å²) in [7, 11) is 0. The maximum Gasteiger partial charge on any atom is 0.338 e. The molecule has 1 heterocycles. The fourth-order valence-electron chi connectivity index (χ4n) is 3.27. The molecule has 0 unspecified atom stereocenters. The summed E-state index contributed by atoms with van der Waals surface area (Å²) in [6, 6.07) is 12.2. The van der Waals surface area contributed by atoms with Crippen molar-refractivity contribution in [1.82, 2.24) is 0 Å². The molecule has 0 saturated heterocycles. The number of carbonyl (C=O) groups is 3. The third-order valence-electron chi connectivity index (χ3n) is 4.72. The Hall–Kier alpha value is -3.35. The molecule has 2 aromatic carbocycles. The van der Waals surface area contributed by atoms with Gasteiger partial charge in [0.15, 0.2) is 0 Å². The second-order valence-corrected chi connectivity index (χ2v) is 7.25. The minimum atomic E-state index is -0.406. The summed E-state index contributed by atoms with van der Waals surface area (Å²) in [5.41, 5.74) is 2.75. The van der Waals surface area contributed by atoms with Gasteiger partial charge in [0.25, 0.3) is 0 Å². The highest BCUT2D eigenvalue weighted by Gasteiger charge is 2.27. The van der Waals surface area contributed by atoms with Gasteiger partial charge in [0, 0.05) is 18.5 Å². The van der Waals surface area contributed by atoms with Crippen molar-refractivity contribution in [2.75, 3.05) is 23.4 Å². The van der Waals surface area contributed by atoms with Crippen molar-refractivity contribution in [3.05, 3.63) is 53.6 Å². The molecule has 1 N–H and O–H groups in total. The highest BCUT2D eigenvalue weighted by molar-refractivity contribution is 5.99. The van der Waals surface area contributed by atoms with Crippen molar-refractivity contribution in [3.8, 4) is 5.75 Å². The van der Waals surface area contributed by atoms with Gasteiger partial charge in [-0.15, -0.1) is 0 Å². The lowest BCUT2D eigenvalue weighted by Crippen LogP contribution is -2.42. The van der Waals surface area contributed by atoms with E-state index in [1.165, 1.54) is 0 Å². The van der Waals surface area contributed by atoms with Gasteiger partial charge in [-0.25, -0.2) is 4.79 Å². The first-order chi connectivity index (χ1) is 14.4. The van der Waals surface area contributed by atoms with E-state index in [4.69, 9.17) is 9.47 Å². The third-order valence-corrected chi connectivity index (χ3v) is 4.72. The van der Waals surface area contributed by atoms with Gasteiger partial charge >= 0.3 is 5.97 Å². The molecule has 1 aliphatic rings. The van der Waals surface area contributed by atoms with Gasteiger partial charge in [0.05, 0.1) is 24.4 Å². The Balaban J connectivity index is 1.57. The molecule has 0 radical (unpaired) electrons. The van der Waals surface area contributed by atoms with Crippen LogP contribution in [0.5, 0.6) is 5.75 Å². The normalized spacial score (nSPS) is 15.0. The number of amides is 2. The van der Waals surface area contributed by atoms with Gasteiger partial charge in [-0.05, 0) is 62.7 Å². The summed E-state index contributed by atoms with van der Waals surface area (Å²) in [5.74, 6) is -0.113. The lowest BCUT2D eigenvalue weighted by Gasteiger charge is -2.33. The van der Waals surface area contributed by atoms with Crippen molar-refractivity contribution in [1.29, 1.82) is 0 Å². The lowest BCUT2D eigenvalue weighted by atomic mass is 10.1. The van der Waals surface area contributed by atoms with Crippen molar-refractivity contribution >= 4 is 29.2 Å². The third kappa shape index (κ3) is 5.17. The van der Waals surface area contributed by atoms with Gasteiger partial charge in [0.1, 0.15) is 11.9 Å². The largest absolute Gasteiger partial charge is 0.487 e. The Kier molecular flexibility index (Phi) is 6.72. The topological polar surface area (TPSA) is 84.9 Å². The van der Waals surface area contributed by atoms with Crippen LogP contribution in [0.15, 0.2) is 42.5 Å². The predicted molar refractivity (Wildman–Crippen MR) is 114 cm³/mol. The minimum Gasteiger partial charge on any atom is -0.487 e. The molecule has 0 spiro atoms. The quantitative estimate of drug-likeness (QED) is 0.734. The van der Waals surface area contributed by atoms with E-state index in [0.29, 0.717) is 30.2 Å². The van der Waals surface area contributed by atoms with Gasteiger partial charge in [-0.3, -0.25) is 9.59 Å². The van der Waals surface area contributed by atoms with E-state index in [2.05, 4.69) is 5.32 Å². The number of esters is 1. The Morgan fingerprint density at radius 3 is 2.57 bits per heavy atom. The maximum absolute atomic E-state index is 12.8. The zero-order chi connectivity index (χ0) is 21.7. The van der Waals surface area contributed by atoms with Crippen LogP contribution >= 0.6 is 0 Å². The summed E-state index contributed by atoms with van der Waals surface area (Å²) >= 11 is 0. The first-order valence-electron chi connectivity index (χ1n) is 10.0. The highest BCUT2D eigenvalue weighted by atomic mass is 16.5. The Bertz CT molecular complexity index is 939. The SMILES string of the molecule is CCOC(=O)c1ccc(NC(=O)CCC(=O)N2C[C@@H](C)Oc3ccc(C)cc32)cc1. The molecule has 1 aliphatic heterocycles. The van der Waals surface area contributed by atoms with Crippen LogP contribution in [0.25, 0.3) is 0 Å². The van der Waals surface area contributed by atoms with E-state index in [9.17, 15) is 14.4 Å². The summed E-state index contributed by atoms with van der Waals surface area (Å²) in [6.07, 6.45) is 0.0361. The molecule has 0 fully saturated rings. The summed E-state index contributed by atoms with van der Waals surface area (Å²) in [6.45, 7) is 6.37. The molecule has 7 nitrogen and oxygen atoms in total. The van der Waals surface area contributed by atoms with E-state index in [-0.39, 0.29) is 30.8 Å². The monoisotopic (exact) mass is 410 g/mol. The number of nitrogens with one attached hydrogen (secondary N) is 1. The summed E-state index contributed by atoms with van der Waals surface area (Å²) in [5, 5.41) is 2.75. The number of aryl methyl sites for hydroxylation is 1. The Morgan fingerprint density at radius 1 is 1.13 bits per heavy atom. The minimum absolute atomic E-state index is 0.0609. The van der Waals surface area contributed by atoms with Crippen LogP contribution in [0.2, 0.25) is 0 Å². The Labute approximate surface area is 176 Å². The van der Waals surface area contributed by atoms with E-state index >= 15 is 0 Å². The van der Waals surface area contributed by atoms with E-state index in [1.807, 2.05) is 32.0 Å². The molecular formula is C23H26N2O5. The van der Waals surface area contributed by atoms with Crippen LogP contribution in [0.1, 0.15) is 42.6 Å².